The molecule has 12 aromatic carbocycles. The summed E-state index contributed by atoms with van der Waals surface area (Å²) in [6, 6.07) is 112. The molecule has 16 rings (SSSR count). The number of nitrogens with zero attached hydrogens (tertiary/aromatic N) is 6. The van der Waals surface area contributed by atoms with Gasteiger partial charge in [-0.25, -0.2) is 19.9 Å². The summed E-state index contributed by atoms with van der Waals surface area (Å²) in [5.74, 6) is 1.38. The lowest BCUT2D eigenvalue weighted by molar-refractivity contribution is 1.18. The average Bonchev–Trinajstić information content (AvgIpc) is 1.70. The van der Waals surface area contributed by atoms with Crippen LogP contribution in [0.3, 0.4) is 0 Å². The molecule has 0 aliphatic rings. The second kappa shape index (κ2) is 25.8. The van der Waals surface area contributed by atoms with Gasteiger partial charge >= 0.3 is 0 Å². The SMILES string of the molecule is c1ccc(-c2ccc(-c3cc(-c4cccc(-c5cccnc5)c4)nc(-c4ccc(-c5cccc6ccccc56)cc4)n3)cc2)cc1.c1ccc(-c2ccc(-c3cnc(-c4ccc(-c5cccc6ccccc56)cc4)nc3-c3cccc(-c4cccnc4)c3)cc2)cc1. The summed E-state index contributed by atoms with van der Waals surface area (Å²) >= 11 is 0. The highest BCUT2D eigenvalue weighted by Gasteiger charge is 2.17. The normalized spacial score (nSPS) is 11.0. The van der Waals surface area contributed by atoms with Crippen LogP contribution in [0.2, 0.25) is 0 Å². The van der Waals surface area contributed by atoms with E-state index in [-0.39, 0.29) is 0 Å². The van der Waals surface area contributed by atoms with Crippen LogP contribution >= 0.6 is 0 Å². The highest BCUT2D eigenvalue weighted by Crippen LogP contribution is 2.38. The molecule has 0 bridgehead atoms. The van der Waals surface area contributed by atoms with Crippen molar-refractivity contribution in [1.82, 2.24) is 29.9 Å². The molecule has 6 nitrogen and oxygen atoms in total. The van der Waals surface area contributed by atoms with Crippen LogP contribution in [0.1, 0.15) is 0 Å². The van der Waals surface area contributed by atoms with Gasteiger partial charge in [0.15, 0.2) is 11.6 Å². The summed E-state index contributed by atoms with van der Waals surface area (Å²) in [6.07, 6.45) is 9.34. The molecular weight excluding hydrogens is 1120 g/mol. The smallest absolute Gasteiger partial charge is 0.160 e. The van der Waals surface area contributed by atoms with Crippen molar-refractivity contribution in [2.45, 2.75) is 0 Å². The molecule has 0 atom stereocenters. The Kier molecular flexibility index (Phi) is 15.7. The van der Waals surface area contributed by atoms with Crippen LogP contribution in [-0.4, -0.2) is 29.9 Å². The minimum Gasteiger partial charge on any atom is -0.264 e. The maximum absolute atomic E-state index is 5.23. The van der Waals surface area contributed by atoms with Gasteiger partial charge in [0, 0.05) is 75.5 Å². The third-order valence-electron chi connectivity index (χ3n) is 16.9. The Labute approximate surface area is 535 Å². The predicted molar refractivity (Wildman–Crippen MR) is 380 cm³/mol. The lowest BCUT2D eigenvalue weighted by atomic mass is 9.95. The molecule has 0 amide bonds. The number of pyridine rings is 2. The monoisotopic (exact) mass is 1170 g/mol. The Bertz CT molecular complexity index is 5210. The van der Waals surface area contributed by atoms with Gasteiger partial charge in [0.25, 0.3) is 0 Å². The van der Waals surface area contributed by atoms with Crippen LogP contribution in [0.15, 0.2) is 353 Å². The highest BCUT2D eigenvalue weighted by atomic mass is 14.9. The third-order valence-corrected chi connectivity index (χ3v) is 16.9. The predicted octanol–water partition coefficient (Wildman–Crippen LogP) is 22.1. The lowest BCUT2D eigenvalue weighted by Crippen LogP contribution is -1.96. The van der Waals surface area contributed by atoms with Crippen molar-refractivity contribution in [2.24, 2.45) is 0 Å². The lowest BCUT2D eigenvalue weighted by Gasteiger charge is -2.13. The van der Waals surface area contributed by atoms with Crippen molar-refractivity contribution in [1.29, 1.82) is 0 Å². The van der Waals surface area contributed by atoms with E-state index in [1.54, 1.807) is 12.4 Å². The van der Waals surface area contributed by atoms with Crippen molar-refractivity contribution in [2.75, 3.05) is 0 Å². The van der Waals surface area contributed by atoms with Crippen LogP contribution in [0.4, 0.5) is 0 Å². The van der Waals surface area contributed by atoms with E-state index in [1.807, 2.05) is 42.9 Å². The van der Waals surface area contributed by atoms with Gasteiger partial charge in [-0.05, 0) is 113 Å². The largest absolute Gasteiger partial charge is 0.264 e. The minimum absolute atomic E-state index is 0.691. The molecule has 6 heteroatoms. The summed E-state index contributed by atoms with van der Waals surface area (Å²) in [6.45, 7) is 0. The molecule has 4 aromatic heterocycles. The molecule has 4 heterocycles. The first-order chi connectivity index (χ1) is 45.6. The fourth-order valence-corrected chi connectivity index (χ4v) is 12.1. The van der Waals surface area contributed by atoms with E-state index >= 15 is 0 Å². The zero-order valence-corrected chi connectivity index (χ0v) is 50.2. The first kappa shape index (κ1) is 56.2. The maximum atomic E-state index is 5.23. The first-order valence-corrected chi connectivity index (χ1v) is 30.9. The van der Waals surface area contributed by atoms with Crippen LogP contribution in [0.5, 0.6) is 0 Å². The van der Waals surface area contributed by atoms with Gasteiger partial charge in [-0.2, -0.15) is 0 Å². The summed E-state index contributed by atoms with van der Waals surface area (Å²) in [7, 11) is 0. The Hall–Kier alpha value is -12.4. The molecule has 0 spiro atoms. The minimum atomic E-state index is 0.691. The molecule has 0 aliphatic heterocycles. The number of fused-ring (bicyclic) bond motifs is 2. The summed E-state index contributed by atoms with van der Waals surface area (Å²) in [5.41, 5.74) is 23.5. The van der Waals surface area contributed by atoms with Gasteiger partial charge in [-0.1, -0.05) is 291 Å². The van der Waals surface area contributed by atoms with Crippen LogP contribution in [-0.2, 0) is 0 Å². The Morgan fingerprint density at radius 2 is 0.565 bits per heavy atom. The van der Waals surface area contributed by atoms with E-state index < -0.39 is 0 Å². The molecule has 0 saturated heterocycles. The number of hydrogen-bond donors (Lipinski definition) is 0. The molecule has 0 aliphatic carbocycles. The van der Waals surface area contributed by atoms with Gasteiger partial charge in [-0.15, -0.1) is 0 Å². The van der Waals surface area contributed by atoms with Crippen molar-refractivity contribution in [3.8, 4) is 134 Å². The number of hydrogen-bond acceptors (Lipinski definition) is 6. The second-order valence-corrected chi connectivity index (χ2v) is 22.7. The zero-order valence-electron chi connectivity index (χ0n) is 50.2. The number of aromatic nitrogens is 6. The van der Waals surface area contributed by atoms with E-state index in [0.29, 0.717) is 11.6 Å². The quantitative estimate of drug-likeness (QED) is 0.121. The Morgan fingerprint density at radius 3 is 1.09 bits per heavy atom. The Morgan fingerprint density at radius 1 is 0.196 bits per heavy atom. The topological polar surface area (TPSA) is 77.3 Å². The molecule has 0 N–H and O–H groups in total. The molecular formula is C86H58N6. The highest BCUT2D eigenvalue weighted by molar-refractivity contribution is 5.98. The molecule has 0 fully saturated rings. The van der Waals surface area contributed by atoms with Crippen LogP contribution in [0, 0.1) is 0 Å². The third kappa shape index (κ3) is 12.0. The molecule has 0 saturated carbocycles. The fraction of sp³-hybridized carbons (Fsp3) is 0. The summed E-state index contributed by atoms with van der Waals surface area (Å²) < 4.78 is 0. The van der Waals surface area contributed by atoms with Gasteiger partial charge in [0.1, 0.15) is 0 Å². The molecule has 432 valence electrons. The summed E-state index contributed by atoms with van der Waals surface area (Å²) in [4.78, 5) is 29.0. The van der Waals surface area contributed by atoms with Crippen molar-refractivity contribution < 1.29 is 0 Å². The Balaban J connectivity index is 0.000000153. The molecule has 16 aromatic rings. The first-order valence-electron chi connectivity index (χ1n) is 30.9. The van der Waals surface area contributed by atoms with E-state index in [9.17, 15) is 0 Å². The van der Waals surface area contributed by atoms with Crippen molar-refractivity contribution in [3.05, 3.63) is 353 Å². The second-order valence-electron chi connectivity index (χ2n) is 22.7. The van der Waals surface area contributed by atoms with Gasteiger partial charge < -0.3 is 0 Å². The molecule has 92 heavy (non-hydrogen) atoms. The van der Waals surface area contributed by atoms with Crippen molar-refractivity contribution >= 4 is 21.5 Å². The molecule has 0 radical (unpaired) electrons. The van der Waals surface area contributed by atoms with Gasteiger partial charge in [0.2, 0.25) is 0 Å². The van der Waals surface area contributed by atoms with E-state index in [1.165, 1.54) is 60.5 Å². The average molecular weight is 1180 g/mol. The number of benzene rings is 12. The van der Waals surface area contributed by atoms with Crippen molar-refractivity contribution in [3.63, 3.8) is 0 Å². The zero-order chi connectivity index (χ0) is 61.4. The van der Waals surface area contributed by atoms with Gasteiger partial charge in [0.05, 0.1) is 17.1 Å². The van der Waals surface area contributed by atoms with Gasteiger partial charge in [-0.3, -0.25) is 9.97 Å². The fourth-order valence-electron chi connectivity index (χ4n) is 12.1. The maximum Gasteiger partial charge on any atom is 0.160 e. The van der Waals surface area contributed by atoms with E-state index in [0.717, 1.165) is 83.8 Å². The standard InChI is InChI=1S/2C43H29N3/c1-2-9-30(10-3-1)31-18-22-34(23-19-31)41-28-42(37-14-6-13-36(27-37)38-15-8-26-44-29-38)46-43(45-41)35-24-20-33(21-25-35)40-17-7-12-32-11-4-5-16-39(32)40;1-2-9-30(10-3-1)31-18-20-34(21-19-31)41-29-45-43(46-42(41)37-14-6-13-36(27-37)38-15-8-26-44-28-38)35-24-22-33(23-25-35)40-17-7-12-32-11-4-5-16-39(32)40/h2*1-29H. The van der Waals surface area contributed by atoms with Crippen LogP contribution in [0.25, 0.3) is 156 Å². The molecule has 0 unspecified atom stereocenters. The number of rotatable bonds is 12. The summed E-state index contributed by atoms with van der Waals surface area (Å²) in [5, 5.41) is 4.95. The van der Waals surface area contributed by atoms with Crippen LogP contribution < -0.4 is 0 Å². The van der Waals surface area contributed by atoms with E-state index in [2.05, 4.69) is 307 Å². The van der Waals surface area contributed by atoms with E-state index in [4.69, 9.17) is 19.9 Å².